The smallest absolute Gasteiger partial charge is 0.269 e. The van der Waals surface area contributed by atoms with Gasteiger partial charge in [0.05, 0.1) is 18.3 Å². The topological polar surface area (TPSA) is 76.1 Å². The monoisotopic (exact) mass is 448 g/mol. The number of carbonyl (C=O) groups excluding carboxylic acids is 1. The Balaban J connectivity index is 1.63. The van der Waals surface area contributed by atoms with Crippen molar-refractivity contribution in [1.29, 1.82) is 0 Å². The summed E-state index contributed by atoms with van der Waals surface area (Å²) in [6.45, 7) is 0. The second-order valence-electron chi connectivity index (χ2n) is 6.23. The number of hydrogen-bond acceptors (Lipinski definition) is 5. The zero-order valence-electron chi connectivity index (χ0n) is 15.5. The highest BCUT2D eigenvalue weighted by atomic mass is 79.9. The summed E-state index contributed by atoms with van der Waals surface area (Å²) in [7, 11) is 1.58. The van der Waals surface area contributed by atoms with Gasteiger partial charge in [0.2, 0.25) is 5.95 Å². The van der Waals surface area contributed by atoms with E-state index in [-0.39, 0.29) is 5.91 Å². The fraction of sp³-hybridized carbons (Fsp3) is 0.0455. The zero-order chi connectivity index (χ0) is 20.2. The van der Waals surface area contributed by atoms with Gasteiger partial charge in [-0.2, -0.15) is 0 Å². The molecule has 0 saturated heterocycles. The van der Waals surface area contributed by atoms with E-state index in [1.54, 1.807) is 31.4 Å². The first-order valence-electron chi connectivity index (χ1n) is 8.87. The molecule has 0 unspecified atom stereocenters. The van der Waals surface area contributed by atoms with Crippen molar-refractivity contribution in [2.75, 3.05) is 12.5 Å². The SMILES string of the molecule is COc1ccc(C(=O)NNc2nc(-c3ccccc3)c3cc(Br)ccc3n2)cc1. The van der Waals surface area contributed by atoms with Gasteiger partial charge < -0.3 is 4.74 Å². The third-order valence-corrected chi connectivity index (χ3v) is 4.84. The van der Waals surface area contributed by atoms with E-state index in [4.69, 9.17) is 4.74 Å². The van der Waals surface area contributed by atoms with Gasteiger partial charge in [0.25, 0.3) is 5.91 Å². The summed E-state index contributed by atoms with van der Waals surface area (Å²) in [6, 6.07) is 22.5. The standard InChI is InChI=1S/C22H17BrN4O2/c1-29-17-10-7-15(8-11-17)21(28)26-27-22-24-19-12-9-16(23)13-18(19)20(25-22)14-5-3-2-4-6-14/h2-13H,1H3,(H,26,28)(H,24,25,27). The molecule has 0 aliphatic rings. The molecule has 1 amide bonds. The van der Waals surface area contributed by atoms with Gasteiger partial charge in [-0.15, -0.1) is 0 Å². The van der Waals surface area contributed by atoms with Gasteiger partial charge >= 0.3 is 0 Å². The van der Waals surface area contributed by atoms with Crippen LogP contribution in [0.5, 0.6) is 5.75 Å². The Morgan fingerprint density at radius 3 is 2.45 bits per heavy atom. The minimum absolute atomic E-state index is 0.298. The predicted octanol–water partition coefficient (Wildman–Crippen LogP) is 4.82. The van der Waals surface area contributed by atoms with Crippen LogP contribution in [0.1, 0.15) is 10.4 Å². The number of anilines is 1. The maximum atomic E-state index is 12.4. The normalized spacial score (nSPS) is 10.6. The molecule has 2 N–H and O–H groups in total. The van der Waals surface area contributed by atoms with Crippen molar-refractivity contribution in [1.82, 2.24) is 15.4 Å². The Hall–Kier alpha value is -3.45. The van der Waals surface area contributed by atoms with Crippen molar-refractivity contribution >= 4 is 38.7 Å². The Morgan fingerprint density at radius 1 is 0.966 bits per heavy atom. The third-order valence-electron chi connectivity index (χ3n) is 4.35. The summed E-state index contributed by atoms with van der Waals surface area (Å²) in [5.41, 5.74) is 8.46. The molecule has 0 spiro atoms. The molecule has 0 aliphatic carbocycles. The second kappa shape index (κ2) is 8.28. The number of halogens is 1. The van der Waals surface area contributed by atoms with Crippen LogP contribution in [-0.4, -0.2) is 23.0 Å². The molecule has 29 heavy (non-hydrogen) atoms. The van der Waals surface area contributed by atoms with Crippen molar-refractivity contribution in [3.8, 4) is 17.0 Å². The van der Waals surface area contributed by atoms with Crippen molar-refractivity contribution in [3.05, 3.63) is 82.8 Å². The molecule has 7 heteroatoms. The molecule has 4 rings (SSSR count). The molecule has 0 fully saturated rings. The Labute approximate surface area is 176 Å². The van der Waals surface area contributed by atoms with Crippen LogP contribution in [0.3, 0.4) is 0 Å². The molecule has 0 radical (unpaired) electrons. The number of amides is 1. The number of nitrogens with one attached hydrogen (secondary N) is 2. The molecular formula is C22H17BrN4O2. The minimum Gasteiger partial charge on any atom is -0.497 e. The molecule has 144 valence electrons. The average molecular weight is 449 g/mol. The largest absolute Gasteiger partial charge is 0.497 e. The Kier molecular flexibility index (Phi) is 5.39. The van der Waals surface area contributed by atoms with Crippen LogP contribution < -0.4 is 15.6 Å². The van der Waals surface area contributed by atoms with E-state index in [9.17, 15) is 4.79 Å². The van der Waals surface area contributed by atoms with Crippen molar-refractivity contribution in [2.45, 2.75) is 0 Å². The fourth-order valence-corrected chi connectivity index (χ4v) is 3.26. The first-order chi connectivity index (χ1) is 14.1. The molecule has 0 bridgehead atoms. The zero-order valence-corrected chi connectivity index (χ0v) is 17.1. The lowest BCUT2D eigenvalue weighted by atomic mass is 10.1. The van der Waals surface area contributed by atoms with E-state index in [1.165, 1.54) is 0 Å². The quantitative estimate of drug-likeness (QED) is 0.427. The fourth-order valence-electron chi connectivity index (χ4n) is 2.90. The van der Waals surface area contributed by atoms with Crippen LogP contribution in [0.2, 0.25) is 0 Å². The minimum atomic E-state index is -0.298. The maximum absolute atomic E-state index is 12.4. The third kappa shape index (κ3) is 4.20. The van der Waals surface area contributed by atoms with Crippen LogP contribution in [-0.2, 0) is 0 Å². The van der Waals surface area contributed by atoms with Crippen LogP contribution in [0.25, 0.3) is 22.2 Å². The molecule has 0 saturated carbocycles. The predicted molar refractivity (Wildman–Crippen MR) is 117 cm³/mol. The first-order valence-corrected chi connectivity index (χ1v) is 9.66. The Morgan fingerprint density at radius 2 is 1.72 bits per heavy atom. The molecule has 3 aromatic carbocycles. The molecule has 6 nitrogen and oxygen atoms in total. The van der Waals surface area contributed by atoms with Gasteiger partial charge in [0.15, 0.2) is 0 Å². The van der Waals surface area contributed by atoms with Crippen molar-refractivity contribution in [3.63, 3.8) is 0 Å². The summed E-state index contributed by atoms with van der Waals surface area (Å²) in [5, 5.41) is 0.914. The number of benzene rings is 3. The van der Waals surface area contributed by atoms with Crippen LogP contribution in [0, 0.1) is 0 Å². The van der Waals surface area contributed by atoms with E-state index in [1.807, 2.05) is 48.5 Å². The maximum Gasteiger partial charge on any atom is 0.269 e. The van der Waals surface area contributed by atoms with Crippen LogP contribution in [0.4, 0.5) is 5.95 Å². The molecule has 4 aromatic rings. The number of hydrogen-bond donors (Lipinski definition) is 2. The van der Waals surface area contributed by atoms with E-state index in [2.05, 4.69) is 36.7 Å². The van der Waals surface area contributed by atoms with Gasteiger partial charge in [-0.3, -0.25) is 15.6 Å². The van der Waals surface area contributed by atoms with Gasteiger partial charge in [0.1, 0.15) is 5.75 Å². The number of nitrogens with zero attached hydrogens (tertiary/aromatic N) is 2. The van der Waals surface area contributed by atoms with Crippen LogP contribution >= 0.6 is 15.9 Å². The summed E-state index contributed by atoms with van der Waals surface area (Å²) in [5.74, 6) is 0.694. The van der Waals surface area contributed by atoms with E-state index < -0.39 is 0 Å². The number of carbonyl (C=O) groups is 1. The number of fused-ring (bicyclic) bond motifs is 1. The lowest BCUT2D eigenvalue weighted by molar-refractivity contribution is 0.0962. The second-order valence-corrected chi connectivity index (χ2v) is 7.15. The van der Waals surface area contributed by atoms with Crippen molar-refractivity contribution < 1.29 is 9.53 Å². The summed E-state index contributed by atoms with van der Waals surface area (Å²) < 4.78 is 6.06. The summed E-state index contributed by atoms with van der Waals surface area (Å²) in [4.78, 5) is 21.5. The number of rotatable bonds is 5. The molecule has 0 aliphatic heterocycles. The average Bonchev–Trinajstić information content (AvgIpc) is 2.77. The molecule has 1 aromatic heterocycles. The van der Waals surface area contributed by atoms with Gasteiger partial charge in [-0.1, -0.05) is 46.3 Å². The molecule has 0 atom stereocenters. The van der Waals surface area contributed by atoms with Crippen molar-refractivity contribution in [2.24, 2.45) is 0 Å². The van der Waals surface area contributed by atoms with E-state index in [0.29, 0.717) is 17.3 Å². The van der Waals surface area contributed by atoms with E-state index >= 15 is 0 Å². The highest BCUT2D eigenvalue weighted by Gasteiger charge is 2.12. The Bertz CT molecular complexity index is 1160. The lowest BCUT2D eigenvalue weighted by Crippen LogP contribution is -2.30. The highest BCUT2D eigenvalue weighted by molar-refractivity contribution is 9.10. The number of methoxy groups -OCH3 is 1. The summed E-state index contributed by atoms with van der Waals surface area (Å²) in [6.07, 6.45) is 0. The van der Waals surface area contributed by atoms with Gasteiger partial charge in [-0.25, -0.2) is 9.97 Å². The van der Waals surface area contributed by atoms with Gasteiger partial charge in [-0.05, 0) is 42.5 Å². The molecule has 1 heterocycles. The van der Waals surface area contributed by atoms with E-state index in [0.717, 1.165) is 26.6 Å². The number of aromatic nitrogens is 2. The number of hydrazine groups is 1. The van der Waals surface area contributed by atoms with Gasteiger partial charge in [0, 0.05) is 21.0 Å². The van der Waals surface area contributed by atoms with Crippen LogP contribution in [0.15, 0.2) is 77.3 Å². The summed E-state index contributed by atoms with van der Waals surface area (Å²) >= 11 is 3.51. The number of ether oxygens (including phenoxy) is 1. The first kappa shape index (κ1) is 18.9. The lowest BCUT2D eigenvalue weighted by Gasteiger charge is -2.12. The molecular weight excluding hydrogens is 432 g/mol. The highest BCUT2D eigenvalue weighted by Crippen LogP contribution is 2.29.